The normalized spacial score (nSPS) is 18.5. The number of ether oxygens (including phenoxy) is 1. The number of rotatable bonds is 6. The highest BCUT2D eigenvalue weighted by molar-refractivity contribution is 5.84. The molecule has 3 aromatic rings. The summed E-state index contributed by atoms with van der Waals surface area (Å²) in [7, 11) is 0. The topological polar surface area (TPSA) is 88.3 Å². The van der Waals surface area contributed by atoms with Crippen LogP contribution in [0.3, 0.4) is 0 Å². The van der Waals surface area contributed by atoms with Crippen LogP contribution >= 0.6 is 0 Å². The molecule has 4 heterocycles. The zero-order valence-corrected chi connectivity index (χ0v) is 17.5. The Morgan fingerprint density at radius 3 is 2.93 bits per heavy atom. The van der Waals surface area contributed by atoms with Crippen LogP contribution in [0.1, 0.15) is 49.4 Å². The van der Waals surface area contributed by atoms with Gasteiger partial charge in [0.05, 0.1) is 32.2 Å². The molecule has 1 fully saturated rings. The number of aliphatic hydroxyl groups is 1. The molecule has 2 aromatic heterocycles. The molecular weight excluding hydrogens is 380 g/mol. The first-order chi connectivity index (χ1) is 14.6. The van der Waals surface area contributed by atoms with Gasteiger partial charge in [-0.1, -0.05) is 18.2 Å². The van der Waals surface area contributed by atoms with Crippen molar-refractivity contribution in [2.45, 2.75) is 58.5 Å². The van der Waals surface area contributed by atoms with Gasteiger partial charge >= 0.3 is 0 Å². The van der Waals surface area contributed by atoms with Crippen LogP contribution in [0, 0.1) is 0 Å². The smallest absolute Gasteiger partial charge is 0.229 e. The molecule has 30 heavy (non-hydrogen) atoms. The van der Waals surface area contributed by atoms with E-state index in [1.807, 2.05) is 6.33 Å². The molecule has 0 spiro atoms. The first-order valence-electron chi connectivity index (χ1n) is 10.7. The number of fused-ring (bicyclic) bond motifs is 2. The second-order valence-electron chi connectivity index (χ2n) is 8.41. The van der Waals surface area contributed by atoms with Gasteiger partial charge in [-0.3, -0.25) is 0 Å². The van der Waals surface area contributed by atoms with E-state index in [-0.39, 0.29) is 18.7 Å². The third kappa shape index (κ3) is 3.40. The number of nitrogens with zero attached hydrogens (tertiary/aromatic N) is 5. The summed E-state index contributed by atoms with van der Waals surface area (Å²) in [4.78, 5) is 16.4. The van der Waals surface area contributed by atoms with Gasteiger partial charge in [0.2, 0.25) is 5.95 Å². The average molecular weight is 409 g/mol. The molecule has 2 aliphatic heterocycles. The largest absolute Gasteiger partial charge is 0.394 e. The molecule has 2 aliphatic rings. The van der Waals surface area contributed by atoms with Crippen LogP contribution in [-0.4, -0.2) is 43.8 Å². The maximum atomic E-state index is 9.77. The van der Waals surface area contributed by atoms with Crippen LogP contribution in [0.15, 0.2) is 24.5 Å². The summed E-state index contributed by atoms with van der Waals surface area (Å²) >= 11 is 0. The standard InChI is InChI=1S/C22H28N6O2/c1-14(2)28-13-24-19-20(23-9-15-5-6-16-11-30-12-17(16)8-15)25-22(26-21(19)28)27-7-3-4-18(27)10-29/h5-6,8,13-14,18,29H,3-4,7,9-12H2,1-2H3,(H,23,25,26). The summed E-state index contributed by atoms with van der Waals surface area (Å²) in [6.45, 7) is 7.25. The minimum absolute atomic E-state index is 0.0717. The minimum Gasteiger partial charge on any atom is -0.394 e. The lowest BCUT2D eigenvalue weighted by Crippen LogP contribution is -2.33. The lowest BCUT2D eigenvalue weighted by atomic mass is 10.1. The zero-order chi connectivity index (χ0) is 20.7. The van der Waals surface area contributed by atoms with Crippen LogP contribution < -0.4 is 10.2 Å². The lowest BCUT2D eigenvalue weighted by Gasteiger charge is -2.23. The van der Waals surface area contributed by atoms with Crippen LogP contribution in [-0.2, 0) is 24.5 Å². The van der Waals surface area contributed by atoms with E-state index < -0.39 is 0 Å². The van der Waals surface area contributed by atoms with Crippen molar-refractivity contribution in [3.63, 3.8) is 0 Å². The summed E-state index contributed by atoms with van der Waals surface area (Å²) in [5, 5.41) is 13.3. The first-order valence-corrected chi connectivity index (χ1v) is 10.7. The number of aromatic nitrogens is 4. The van der Waals surface area contributed by atoms with E-state index in [1.54, 1.807) is 0 Å². The zero-order valence-electron chi connectivity index (χ0n) is 17.5. The molecule has 0 aliphatic carbocycles. The molecule has 0 amide bonds. The number of nitrogens with one attached hydrogen (secondary N) is 1. The molecular formula is C22H28N6O2. The van der Waals surface area contributed by atoms with Gasteiger partial charge in [-0.05, 0) is 43.4 Å². The summed E-state index contributed by atoms with van der Waals surface area (Å²) in [5.41, 5.74) is 5.31. The quantitative estimate of drug-likeness (QED) is 0.648. The molecule has 1 aromatic carbocycles. The number of hydrogen-bond acceptors (Lipinski definition) is 7. The van der Waals surface area contributed by atoms with Gasteiger partial charge in [0.15, 0.2) is 17.0 Å². The Morgan fingerprint density at radius 2 is 2.10 bits per heavy atom. The Morgan fingerprint density at radius 1 is 1.23 bits per heavy atom. The van der Waals surface area contributed by atoms with Crippen LogP contribution in [0.25, 0.3) is 11.2 Å². The Kier molecular flexibility index (Phi) is 5.04. The second kappa shape index (κ2) is 7.85. The monoisotopic (exact) mass is 408 g/mol. The molecule has 2 N–H and O–H groups in total. The van der Waals surface area contributed by atoms with E-state index in [2.05, 4.69) is 51.8 Å². The number of imidazole rings is 1. The van der Waals surface area contributed by atoms with Gasteiger partial charge in [-0.2, -0.15) is 9.97 Å². The Labute approximate surface area is 175 Å². The summed E-state index contributed by atoms with van der Waals surface area (Å²) in [6.07, 6.45) is 3.83. The van der Waals surface area contributed by atoms with Gasteiger partial charge in [-0.15, -0.1) is 0 Å². The molecule has 8 heteroatoms. The van der Waals surface area contributed by atoms with Gasteiger partial charge < -0.3 is 24.6 Å². The predicted octanol–water partition coefficient (Wildman–Crippen LogP) is 3.01. The highest BCUT2D eigenvalue weighted by atomic mass is 16.5. The van der Waals surface area contributed by atoms with E-state index in [1.165, 1.54) is 16.7 Å². The molecule has 1 saturated heterocycles. The number of hydrogen-bond donors (Lipinski definition) is 2. The third-order valence-electron chi connectivity index (χ3n) is 6.06. The van der Waals surface area contributed by atoms with E-state index in [0.29, 0.717) is 25.7 Å². The van der Waals surface area contributed by atoms with Crippen LogP contribution in [0.4, 0.5) is 11.8 Å². The molecule has 1 unspecified atom stereocenters. The van der Waals surface area contributed by atoms with Crippen molar-refractivity contribution < 1.29 is 9.84 Å². The summed E-state index contributed by atoms with van der Waals surface area (Å²) < 4.78 is 7.60. The van der Waals surface area contributed by atoms with Crippen molar-refractivity contribution in [1.29, 1.82) is 0 Å². The Hall–Kier alpha value is -2.71. The van der Waals surface area contributed by atoms with E-state index >= 15 is 0 Å². The Bertz CT molecular complexity index is 1060. The summed E-state index contributed by atoms with van der Waals surface area (Å²) in [6, 6.07) is 6.79. The molecule has 1 atom stereocenters. The minimum atomic E-state index is 0.0717. The molecule has 0 bridgehead atoms. The molecule has 158 valence electrons. The van der Waals surface area contributed by atoms with E-state index in [9.17, 15) is 5.11 Å². The molecule has 5 rings (SSSR count). The fourth-order valence-electron chi connectivity index (χ4n) is 4.34. The first kappa shape index (κ1) is 19.3. The number of anilines is 2. The molecule has 0 radical (unpaired) electrons. The van der Waals surface area contributed by atoms with Crippen molar-refractivity contribution >= 4 is 22.9 Å². The van der Waals surface area contributed by atoms with Gasteiger partial charge in [0, 0.05) is 19.1 Å². The lowest BCUT2D eigenvalue weighted by molar-refractivity contribution is 0.134. The van der Waals surface area contributed by atoms with Crippen LogP contribution in [0.2, 0.25) is 0 Å². The SMILES string of the molecule is CC(C)n1cnc2c(NCc3ccc4c(c3)COC4)nc(N3CCCC3CO)nc21. The van der Waals surface area contributed by atoms with Gasteiger partial charge in [-0.25, -0.2) is 4.98 Å². The predicted molar refractivity (Wildman–Crippen MR) is 115 cm³/mol. The number of benzene rings is 1. The molecule has 0 saturated carbocycles. The second-order valence-corrected chi connectivity index (χ2v) is 8.41. The van der Waals surface area contributed by atoms with E-state index in [4.69, 9.17) is 14.7 Å². The Balaban J connectivity index is 1.49. The third-order valence-corrected chi connectivity index (χ3v) is 6.06. The van der Waals surface area contributed by atoms with Gasteiger partial charge in [0.1, 0.15) is 0 Å². The van der Waals surface area contributed by atoms with E-state index in [0.717, 1.165) is 36.4 Å². The van der Waals surface area contributed by atoms with Gasteiger partial charge in [0.25, 0.3) is 0 Å². The highest BCUT2D eigenvalue weighted by Crippen LogP contribution is 2.29. The van der Waals surface area contributed by atoms with Crippen molar-refractivity contribution in [1.82, 2.24) is 19.5 Å². The maximum absolute atomic E-state index is 9.77. The highest BCUT2D eigenvalue weighted by Gasteiger charge is 2.28. The van der Waals surface area contributed by atoms with Crippen molar-refractivity contribution in [3.05, 3.63) is 41.2 Å². The van der Waals surface area contributed by atoms with Crippen LogP contribution in [0.5, 0.6) is 0 Å². The fraction of sp³-hybridized carbons (Fsp3) is 0.500. The summed E-state index contributed by atoms with van der Waals surface area (Å²) in [5.74, 6) is 1.39. The van der Waals surface area contributed by atoms with Crippen molar-refractivity contribution in [2.24, 2.45) is 0 Å². The average Bonchev–Trinajstić information content (AvgIpc) is 3.49. The van der Waals surface area contributed by atoms with Crippen molar-refractivity contribution in [2.75, 3.05) is 23.4 Å². The van der Waals surface area contributed by atoms with Crippen molar-refractivity contribution in [3.8, 4) is 0 Å². The fourth-order valence-corrected chi connectivity index (χ4v) is 4.34. The number of aliphatic hydroxyl groups excluding tert-OH is 1. The maximum Gasteiger partial charge on any atom is 0.229 e. The molecule has 8 nitrogen and oxygen atoms in total.